The van der Waals surface area contributed by atoms with Gasteiger partial charge in [-0.15, -0.1) is 11.3 Å². The van der Waals surface area contributed by atoms with Gasteiger partial charge in [0.05, 0.1) is 11.2 Å². The Morgan fingerprint density at radius 1 is 1.12 bits per heavy atom. The number of para-hydroxylation sites is 1. The standard InChI is InChI=1S/C28H31N3OS/c1-28(2,3)17-12-13-21-16(14-17)15-20-24(29)25(33-26(20)30-21)27(32)31-22-10-6-4-8-18(22)19-9-5-7-11-23(19)31/h4,6,8,10,15,17H,5,7,9,11-14,29H2,1-3H3. The van der Waals surface area contributed by atoms with E-state index in [9.17, 15) is 4.79 Å². The number of pyridine rings is 1. The second-order valence-electron chi connectivity index (χ2n) is 10.9. The molecule has 1 atom stereocenters. The van der Waals surface area contributed by atoms with Gasteiger partial charge in [-0.25, -0.2) is 4.98 Å². The zero-order valence-electron chi connectivity index (χ0n) is 19.7. The van der Waals surface area contributed by atoms with Crippen molar-refractivity contribution in [3.63, 3.8) is 0 Å². The maximum Gasteiger partial charge on any atom is 0.274 e. The second kappa shape index (κ2) is 7.42. The lowest BCUT2D eigenvalue weighted by Gasteiger charge is -2.34. The molecular weight excluding hydrogens is 426 g/mol. The van der Waals surface area contributed by atoms with Crippen LogP contribution in [0.15, 0.2) is 30.3 Å². The van der Waals surface area contributed by atoms with Crippen molar-refractivity contribution in [2.24, 2.45) is 11.3 Å². The van der Waals surface area contributed by atoms with Crippen LogP contribution < -0.4 is 5.73 Å². The summed E-state index contributed by atoms with van der Waals surface area (Å²) in [7, 11) is 0. The minimum Gasteiger partial charge on any atom is -0.397 e. The van der Waals surface area contributed by atoms with Gasteiger partial charge in [0.1, 0.15) is 9.71 Å². The Morgan fingerprint density at radius 2 is 1.91 bits per heavy atom. The molecule has 4 nitrogen and oxygen atoms in total. The van der Waals surface area contributed by atoms with Crippen LogP contribution >= 0.6 is 11.3 Å². The summed E-state index contributed by atoms with van der Waals surface area (Å²) in [6.45, 7) is 6.98. The molecule has 0 aliphatic heterocycles. The fraction of sp³-hybridized carbons (Fsp3) is 0.429. The van der Waals surface area contributed by atoms with E-state index in [0.717, 1.165) is 47.8 Å². The molecule has 0 saturated carbocycles. The van der Waals surface area contributed by atoms with Crippen LogP contribution in [-0.4, -0.2) is 15.5 Å². The fourth-order valence-corrected chi connectivity index (χ4v) is 6.94. The zero-order chi connectivity index (χ0) is 22.9. The van der Waals surface area contributed by atoms with E-state index in [4.69, 9.17) is 10.7 Å². The van der Waals surface area contributed by atoms with Crippen molar-refractivity contribution in [3.8, 4) is 0 Å². The van der Waals surface area contributed by atoms with Crippen LogP contribution in [0.4, 0.5) is 5.69 Å². The van der Waals surface area contributed by atoms with E-state index in [1.54, 1.807) is 0 Å². The summed E-state index contributed by atoms with van der Waals surface area (Å²) < 4.78 is 1.94. The molecule has 2 aliphatic rings. The number of rotatable bonds is 1. The molecular formula is C28H31N3OS. The molecule has 0 fully saturated rings. The number of nitrogens with zero attached hydrogens (tertiary/aromatic N) is 2. The van der Waals surface area contributed by atoms with Gasteiger partial charge in [0.25, 0.3) is 5.91 Å². The first-order valence-electron chi connectivity index (χ1n) is 12.2. The Kier molecular flexibility index (Phi) is 4.70. The lowest BCUT2D eigenvalue weighted by molar-refractivity contribution is 0.0966. The maximum absolute atomic E-state index is 14.0. The van der Waals surface area contributed by atoms with Crippen molar-refractivity contribution in [1.82, 2.24) is 9.55 Å². The quantitative estimate of drug-likeness (QED) is 0.352. The highest BCUT2D eigenvalue weighted by Crippen LogP contribution is 2.41. The first-order valence-corrected chi connectivity index (χ1v) is 13.0. The molecule has 170 valence electrons. The number of anilines is 1. The average Bonchev–Trinajstić information content (AvgIpc) is 3.31. The first-order chi connectivity index (χ1) is 15.8. The average molecular weight is 458 g/mol. The van der Waals surface area contributed by atoms with Gasteiger partial charge in [-0.3, -0.25) is 9.36 Å². The van der Waals surface area contributed by atoms with Gasteiger partial charge in [0.15, 0.2) is 0 Å². The third-order valence-corrected chi connectivity index (χ3v) is 8.99. The molecule has 0 spiro atoms. The number of carbonyl (C=O) groups is 1. The summed E-state index contributed by atoms with van der Waals surface area (Å²) in [5.41, 5.74) is 13.5. The number of aromatic nitrogens is 2. The Labute approximate surface area is 198 Å². The van der Waals surface area contributed by atoms with Crippen LogP contribution in [0, 0.1) is 11.3 Å². The smallest absolute Gasteiger partial charge is 0.274 e. The van der Waals surface area contributed by atoms with Crippen LogP contribution in [0.1, 0.15) is 72.2 Å². The minimum absolute atomic E-state index is 0.000361. The molecule has 0 amide bonds. The highest BCUT2D eigenvalue weighted by atomic mass is 32.1. The van der Waals surface area contributed by atoms with Gasteiger partial charge >= 0.3 is 0 Å². The molecule has 1 aromatic carbocycles. The highest BCUT2D eigenvalue weighted by molar-refractivity contribution is 7.21. The van der Waals surface area contributed by atoms with E-state index in [-0.39, 0.29) is 11.3 Å². The van der Waals surface area contributed by atoms with Gasteiger partial charge in [-0.1, -0.05) is 39.0 Å². The SMILES string of the molecule is CC(C)(C)C1CCc2nc3sc(C(=O)n4c5c(c6ccccc64)CCCC5)c(N)c3cc2C1. The van der Waals surface area contributed by atoms with E-state index in [0.29, 0.717) is 16.5 Å². The van der Waals surface area contributed by atoms with E-state index >= 15 is 0 Å². The molecule has 3 aromatic heterocycles. The largest absolute Gasteiger partial charge is 0.397 e. The fourth-order valence-electron chi connectivity index (χ4n) is 5.92. The molecule has 0 radical (unpaired) electrons. The maximum atomic E-state index is 14.0. The van der Waals surface area contributed by atoms with Crippen molar-refractivity contribution < 1.29 is 4.79 Å². The number of nitrogen functional groups attached to an aromatic ring is 1. The van der Waals surface area contributed by atoms with Crippen molar-refractivity contribution in [1.29, 1.82) is 0 Å². The first kappa shape index (κ1) is 20.9. The summed E-state index contributed by atoms with van der Waals surface area (Å²) in [6.07, 6.45) is 7.51. The zero-order valence-corrected chi connectivity index (χ0v) is 20.5. The lowest BCUT2D eigenvalue weighted by atomic mass is 9.71. The second-order valence-corrected chi connectivity index (χ2v) is 11.9. The van der Waals surface area contributed by atoms with Gasteiger partial charge in [0.2, 0.25) is 0 Å². The summed E-state index contributed by atoms with van der Waals surface area (Å²) in [5, 5.41) is 2.16. The molecule has 5 heteroatoms. The molecule has 1 unspecified atom stereocenters. The topological polar surface area (TPSA) is 60.9 Å². The van der Waals surface area contributed by atoms with E-state index in [1.165, 1.54) is 52.1 Å². The van der Waals surface area contributed by atoms with Crippen LogP contribution in [0.25, 0.3) is 21.1 Å². The van der Waals surface area contributed by atoms with Crippen molar-refractivity contribution in [3.05, 3.63) is 57.7 Å². The molecule has 2 aliphatic carbocycles. The highest BCUT2D eigenvalue weighted by Gasteiger charge is 2.31. The summed E-state index contributed by atoms with van der Waals surface area (Å²) in [6, 6.07) is 10.5. The Bertz CT molecular complexity index is 1420. The van der Waals surface area contributed by atoms with Crippen molar-refractivity contribution in [2.45, 2.75) is 65.7 Å². The Morgan fingerprint density at radius 3 is 2.73 bits per heavy atom. The van der Waals surface area contributed by atoms with Crippen molar-refractivity contribution in [2.75, 3.05) is 5.73 Å². The number of hydrogen-bond donors (Lipinski definition) is 1. The van der Waals surface area contributed by atoms with Crippen LogP contribution in [0.5, 0.6) is 0 Å². The van der Waals surface area contributed by atoms with Gasteiger partial charge in [-0.05, 0) is 79.5 Å². The Balaban J connectivity index is 1.47. The molecule has 2 N–H and O–H groups in total. The number of hydrogen-bond acceptors (Lipinski definition) is 4. The lowest BCUT2D eigenvalue weighted by Crippen LogP contribution is -2.27. The molecule has 0 saturated heterocycles. The monoisotopic (exact) mass is 457 g/mol. The van der Waals surface area contributed by atoms with Crippen LogP contribution in [0.2, 0.25) is 0 Å². The molecule has 0 bridgehead atoms. The normalized spacial score (nSPS) is 18.5. The third kappa shape index (κ3) is 3.23. The Hall–Kier alpha value is -2.66. The summed E-state index contributed by atoms with van der Waals surface area (Å²) >= 11 is 1.46. The third-order valence-electron chi connectivity index (χ3n) is 7.89. The number of thiophene rings is 1. The predicted molar refractivity (Wildman–Crippen MR) is 137 cm³/mol. The summed E-state index contributed by atoms with van der Waals surface area (Å²) in [5.74, 6) is 0.642. The number of benzene rings is 1. The number of fused-ring (bicyclic) bond motifs is 5. The predicted octanol–water partition coefficient (Wildman–Crippen LogP) is 6.55. The number of aryl methyl sites for hydroxylation is 2. The molecule has 4 aromatic rings. The van der Waals surface area contributed by atoms with E-state index in [2.05, 4.69) is 45.0 Å². The minimum atomic E-state index is 0.000361. The summed E-state index contributed by atoms with van der Waals surface area (Å²) in [4.78, 5) is 20.5. The van der Waals surface area contributed by atoms with E-state index in [1.807, 2.05) is 10.6 Å². The molecule has 33 heavy (non-hydrogen) atoms. The van der Waals surface area contributed by atoms with Crippen molar-refractivity contribution >= 4 is 44.1 Å². The van der Waals surface area contributed by atoms with Gasteiger partial charge in [0, 0.05) is 22.2 Å². The van der Waals surface area contributed by atoms with Crippen LogP contribution in [0.3, 0.4) is 0 Å². The van der Waals surface area contributed by atoms with Crippen LogP contribution in [-0.2, 0) is 25.7 Å². The number of carbonyl (C=O) groups excluding carboxylic acids is 1. The van der Waals surface area contributed by atoms with Gasteiger partial charge < -0.3 is 5.73 Å². The van der Waals surface area contributed by atoms with E-state index < -0.39 is 0 Å². The molecule has 6 rings (SSSR count). The van der Waals surface area contributed by atoms with Gasteiger partial charge in [-0.2, -0.15) is 0 Å². The number of nitrogens with two attached hydrogens (primary N) is 1. The molecule has 3 heterocycles.